The number of carbonyl (C=O) groups excluding carboxylic acids is 1. The van der Waals surface area contributed by atoms with Crippen molar-refractivity contribution in [2.75, 3.05) is 44.2 Å². The van der Waals surface area contributed by atoms with Crippen LogP contribution in [0.15, 0.2) is 36.4 Å². The Morgan fingerprint density at radius 2 is 1.96 bits per heavy atom. The normalized spacial score (nSPS) is 25.9. The number of nitrogens with one attached hydrogen (secondary N) is 1. The molecule has 0 aliphatic carbocycles. The van der Waals surface area contributed by atoms with E-state index in [0.717, 1.165) is 19.4 Å². The molecule has 4 aliphatic rings. The number of hydrogen-bond donors (Lipinski definition) is 2. The van der Waals surface area contributed by atoms with Gasteiger partial charge in [-0.15, -0.1) is 0 Å². The van der Waals surface area contributed by atoms with Gasteiger partial charge in [-0.1, -0.05) is 19.1 Å². The Balaban J connectivity index is 1.27. The average molecular weight is 648 g/mol. The average Bonchev–Trinajstić information content (AvgIpc) is 3.71. The summed E-state index contributed by atoms with van der Waals surface area (Å²) in [7, 11) is 0. The Kier molecular flexibility index (Phi) is 7.12. The summed E-state index contributed by atoms with van der Waals surface area (Å²) in [6, 6.07) is 9.22. The first-order valence-corrected chi connectivity index (χ1v) is 16.4. The Bertz CT molecular complexity index is 1930. The van der Waals surface area contributed by atoms with Gasteiger partial charge < -0.3 is 24.8 Å². The van der Waals surface area contributed by atoms with Crippen LogP contribution in [0.1, 0.15) is 44.6 Å². The van der Waals surface area contributed by atoms with Crippen molar-refractivity contribution in [1.82, 2.24) is 20.2 Å². The number of phenolic OH excluding ortho intramolecular Hbond substituents is 1. The lowest BCUT2D eigenvalue weighted by Crippen LogP contribution is -2.51. The van der Waals surface area contributed by atoms with E-state index in [1.807, 2.05) is 11.8 Å². The third kappa shape index (κ3) is 4.99. The van der Waals surface area contributed by atoms with Gasteiger partial charge in [0.25, 0.3) is 0 Å². The van der Waals surface area contributed by atoms with Crippen molar-refractivity contribution in [3.05, 3.63) is 53.6 Å². The van der Waals surface area contributed by atoms with Crippen LogP contribution >= 0.6 is 0 Å². The zero-order valence-corrected chi connectivity index (χ0v) is 26.1. The molecule has 2 N–H and O–H groups in total. The third-order valence-electron chi connectivity index (χ3n) is 10.5. The van der Waals surface area contributed by atoms with Crippen LogP contribution in [0.2, 0.25) is 0 Å². The van der Waals surface area contributed by atoms with E-state index in [2.05, 4.69) is 15.2 Å². The number of amides is 1. The van der Waals surface area contributed by atoms with Crippen molar-refractivity contribution in [3.63, 3.8) is 0 Å². The van der Waals surface area contributed by atoms with Crippen LogP contribution in [-0.2, 0) is 11.2 Å². The minimum absolute atomic E-state index is 0.00479. The Hall–Kier alpha value is -4.32. The number of alkyl carbamates (subject to hydrolysis) is 1. The molecule has 47 heavy (non-hydrogen) atoms. The number of phenols is 1. The van der Waals surface area contributed by atoms with Crippen molar-refractivity contribution < 1.29 is 32.5 Å². The number of aromatic hydroxyl groups is 1. The molecule has 8 rings (SSSR count). The number of rotatable bonds is 6. The molecule has 4 aliphatic heterocycles. The number of halogens is 3. The van der Waals surface area contributed by atoms with Crippen LogP contribution in [0.4, 0.5) is 23.8 Å². The highest BCUT2D eigenvalue weighted by molar-refractivity contribution is 6.03. The molecule has 4 fully saturated rings. The highest BCUT2D eigenvalue weighted by Crippen LogP contribution is 2.43. The molecule has 4 aromatic rings. The van der Waals surface area contributed by atoms with E-state index >= 15 is 4.39 Å². The molecule has 5 heterocycles. The van der Waals surface area contributed by atoms with Crippen LogP contribution in [0.5, 0.6) is 11.8 Å². The van der Waals surface area contributed by atoms with Crippen LogP contribution in [-0.4, -0.2) is 82.7 Å². The number of alkyl halides is 1. The first kappa shape index (κ1) is 30.0. The maximum Gasteiger partial charge on any atom is 0.407 e. The minimum atomic E-state index is -0.936. The van der Waals surface area contributed by atoms with E-state index in [4.69, 9.17) is 14.5 Å². The van der Waals surface area contributed by atoms with E-state index in [0.29, 0.717) is 85.0 Å². The van der Waals surface area contributed by atoms with Gasteiger partial charge in [-0.25, -0.2) is 18.0 Å². The number of ether oxygens (including phenoxy) is 2. The van der Waals surface area contributed by atoms with Crippen LogP contribution < -0.4 is 15.0 Å². The van der Waals surface area contributed by atoms with Gasteiger partial charge >= 0.3 is 12.1 Å². The predicted molar refractivity (Wildman–Crippen MR) is 171 cm³/mol. The summed E-state index contributed by atoms with van der Waals surface area (Å²) in [5.74, 6) is -0.707. The highest BCUT2D eigenvalue weighted by atomic mass is 19.1. The molecule has 0 bridgehead atoms. The maximum atomic E-state index is 17.0. The second-order valence-electron chi connectivity index (χ2n) is 13.4. The standard InChI is InChI=1S/C35H36F3N5O4/c1-2-23-27(37)8-5-20-13-22(44)14-26(28(20)23)24-6-7-25-30(29(24)38)40-32(46-19-34-9-3-12-43(34)16-21(36)15-34)41-31(25)42-11-4-10-35(18-42)17-39-33(45)47-35/h5-8,13-14,21,44H,2-4,9-12,15-19H2,1H3,(H,39,45)/t21-,34+,35+/m1/s1. The smallest absolute Gasteiger partial charge is 0.407 e. The van der Waals surface area contributed by atoms with Gasteiger partial charge in [-0.2, -0.15) is 9.97 Å². The topological polar surface area (TPSA) is 100 Å². The zero-order chi connectivity index (χ0) is 32.5. The fraction of sp³-hybridized carbons (Fsp3) is 0.457. The molecule has 4 saturated heterocycles. The van der Waals surface area contributed by atoms with E-state index < -0.39 is 35.0 Å². The van der Waals surface area contributed by atoms with Crippen LogP contribution in [0.3, 0.4) is 0 Å². The predicted octanol–water partition coefficient (Wildman–Crippen LogP) is 6.03. The van der Waals surface area contributed by atoms with Gasteiger partial charge in [0.1, 0.15) is 41.3 Å². The second kappa shape index (κ2) is 11.1. The molecular formula is C35H36F3N5O4. The number of benzene rings is 3. The van der Waals surface area contributed by atoms with Crippen molar-refractivity contribution in [1.29, 1.82) is 0 Å². The Morgan fingerprint density at radius 3 is 2.77 bits per heavy atom. The summed E-state index contributed by atoms with van der Waals surface area (Å²) in [6.45, 7) is 4.46. The fourth-order valence-corrected chi connectivity index (χ4v) is 8.35. The van der Waals surface area contributed by atoms with Gasteiger partial charge in [0.2, 0.25) is 0 Å². The SMILES string of the molecule is CCc1c(F)ccc2cc(O)cc(-c3ccc4c(N5CCC[C@]6(CNC(=O)O6)C5)nc(OC[C@@]56CCCN5C[C@H](F)C6)nc4c3F)c12. The van der Waals surface area contributed by atoms with Crippen LogP contribution in [0, 0.1) is 11.6 Å². The Morgan fingerprint density at radius 1 is 1.11 bits per heavy atom. The quantitative estimate of drug-likeness (QED) is 0.262. The second-order valence-corrected chi connectivity index (χ2v) is 13.4. The molecule has 1 spiro atoms. The minimum Gasteiger partial charge on any atom is -0.508 e. The van der Waals surface area contributed by atoms with Gasteiger partial charge in [0.15, 0.2) is 5.82 Å². The molecule has 0 unspecified atom stereocenters. The van der Waals surface area contributed by atoms with E-state index in [1.165, 1.54) is 18.2 Å². The number of hydrogen-bond acceptors (Lipinski definition) is 8. The molecule has 3 aromatic carbocycles. The molecule has 0 radical (unpaired) electrons. The summed E-state index contributed by atoms with van der Waals surface area (Å²) in [4.78, 5) is 25.5. The lowest BCUT2D eigenvalue weighted by Gasteiger charge is -2.39. The molecular weight excluding hydrogens is 611 g/mol. The van der Waals surface area contributed by atoms with E-state index in [1.54, 1.807) is 18.2 Å². The summed E-state index contributed by atoms with van der Waals surface area (Å²) in [5, 5.41) is 14.9. The van der Waals surface area contributed by atoms with Crippen molar-refractivity contribution in [2.45, 2.75) is 62.8 Å². The van der Waals surface area contributed by atoms with E-state index in [9.17, 15) is 18.7 Å². The fourth-order valence-electron chi connectivity index (χ4n) is 8.35. The number of piperidine rings is 1. The zero-order valence-electron chi connectivity index (χ0n) is 26.1. The van der Waals surface area contributed by atoms with E-state index in [-0.39, 0.29) is 29.4 Å². The third-order valence-corrected chi connectivity index (χ3v) is 10.5. The molecule has 3 atom stereocenters. The van der Waals surface area contributed by atoms with Crippen LogP contribution in [0.25, 0.3) is 32.8 Å². The van der Waals surface area contributed by atoms with Crippen molar-refractivity contribution in [3.8, 4) is 22.9 Å². The summed E-state index contributed by atoms with van der Waals surface area (Å²) >= 11 is 0. The monoisotopic (exact) mass is 647 g/mol. The first-order chi connectivity index (χ1) is 22.7. The van der Waals surface area contributed by atoms with Crippen molar-refractivity contribution >= 4 is 33.6 Å². The number of nitrogens with zero attached hydrogens (tertiary/aromatic N) is 4. The maximum absolute atomic E-state index is 17.0. The molecule has 12 heteroatoms. The van der Waals surface area contributed by atoms with Gasteiger partial charge in [0, 0.05) is 30.5 Å². The van der Waals surface area contributed by atoms with Gasteiger partial charge in [-0.05, 0) is 84.8 Å². The lowest BCUT2D eigenvalue weighted by molar-refractivity contribution is 0.0445. The summed E-state index contributed by atoms with van der Waals surface area (Å²) < 4.78 is 58.4. The molecule has 1 amide bonds. The number of fused-ring (bicyclic) bond motifs is 3. The van der Waals surface area contributed by atoms with Gasteiger partial charge in [-0.3, -0.25) is 4.90 Å². The Labute approximate surface area is 269 Å². The summed E-state index contributed by atoms with van der Waals surface area (Å²) in [5.41, 5.74) is -0.278. The van der Waals surface area contributed by atoms with Gasteiger partial charge in [0.05, 0.1) is 18.6 Å². The largest absolute Gasteiger partial charge is 0.508 e. The molecule has 0 saturated carbocycles. The van der Waals surface area contributed by atoms with Crippen molar-refractivity contribution in [2.24, 2.45) is 0 Å². The molecule has 246 valence electrons. The highest BCUT2D eigenvalue weighted by Gasteiger charge is 2.49. The molecule has 1 aromatic heterocycles. The number of aryl methyl sites for hydroxylation is 1. The number of carbonyl (C=O) groups is 1. The molecule has 9 nitrogen and oxygen atoms in total. The first-order valence-electron chi connectivity index (χ1n) is 16.4. The lowest BCUT2D eigenvalue weighted by atomic mass is 9.91. The summed E-state index contributed by atoms with van der Waals surface area (Å²) in [6.07, 6.45) is 2.45. The number of anilines is 1. The number of aromatic nitrogens is 2.